The first kappa shape index (κ1) is 20.1. The maximum absolute atomic E-state index is 13.4. The summed E-state index contributed by atoms with van der Waals surface area (Å²) in [5, 5.41) is 0. The van der Waals surface area contributed by atoms with Crippen LogP contribution in [0.2, 0.25) is 0 Å². The van der Waals surface area contributed by atoms with Gasteiger partial charge < -0.3 is 13.8 Å². The van der Waals surface area contributed by atoms with E-state index in [4.69, 9.17) is 13.8 Å². The van der Waals surface area contributed by atoms with Gasteiger partial charge in [0, 0.05) is 0 Å². The maximum atomic E-state index is 13.4. The smallest absolute Gasteiger partial charge is 0.353 e. The molecule has 0 spiro atoms. The van der Waals surface area contributed by atoms with Crippen LogP contribution in [0.5, 0.6) is 0 Å². The third-order valence-corrected chi connectivity index (χ3v) is 10.3. The lowest BCUT2D eigenvalue weighted by molar-refractivity contribution is -0.144. The lowest BCUT2D eigenvalue weighted by atomic mass is 10.4. The fourth-order valence-corrected chi connectivity index (χ4v) is 8.57. The highest BCUT2D eigenvalue weighted by Crippen LogP contribution is 2.77. The fraction of sp³-hybridized carbons (Fsp3) is 0.562. The molecule has 7 nitrogen and oxygen atoms in total. The van der Waals surface area contributed by atoms with Crippen LogP contribution in [0.15, 0.2) is 35.2 Å². The van der Waals surface area contributed by atoms with Gasteiger partial charge in [-0.15, -0.1) is 0 Å². The van der Waals surface area contributed by atoms with Crippen LogP contribution < -0.4 is 0 Å². The molecule has 140 valence electrons. The highest BCUT2D eigenvalue weighted by Gasteiger charge is 2.79. The minimum absolute atomic E-state index is 0.00111. The lowest BCUT2D eigenvalue weighted by Gasteiger charge is -2.27. The van der Waals surface area contributed by atoms with Crippen molar-refractivity contribution in [2.24, 2.45) is 5.92 Å². The summed E-state index contributed by atoms with van der Waals surface area (Å²) in [5.41, 5.74) is 0. The Labute approximate surface area is 148 Å². The molecule has 0 radical (unpaired) electrons. The van der Waals surface area contributed by atoms with Crippen molar-refractivity contribution in [3.05, 3.63) is 30.3 Å². The molecular formula is C16H23O7PS. The standard InChI is InChI=1S/C16H23O7PS/c1-4-21-15(17)14-12-16(14,24(18,22-5-2)23-6-3)25(19,20)13-10-8-7-9-11-13/h7-11,14H,4-6,12H2,1-3H3/t14-,16+/m0/s1. The summed E-state index contributed by atoms with van der Waals surface area (Å²) in [4.78, 5) is 12.2. The summed E-state index contributed by atoms with van der Waals surface area (Å²) in [7, 11) is -8.28. The molecule has 0 saturated heterocycles. The van der Waals surface area contributed by atoms with Crippen LogP contribution in [-0.4, -0.2) is 38.7 Å². The Morgan fingerprint density at radius 2 is 1.68 bits per heavy atom. The van der Waals surface area contributed by atoms with E-state index in [-0.39, 0.29) is 31.1 Å². The molecule has 1 aromatic carbocycles. The highest BCUT2D eigenvalue weighted by molar-refractivity contribution is 8.00. The molecule has 1 aliphatic carbocycles. The maximum Gasteiger partial charge on any atom is 0.353 e. The molecule has 0 unspecified atom stereocenters. The molecule has 2 rings (SSSR count). The van der Waals surface area contributed by atoms with Crippen molar-refractivity contribution in [2.75, 3.05) is 19.8 Å². The number of benzene rings is 1. The van der Waals surface area contributed by atoms with E-state index in [0.29, 0.717) is 0 Å². The summed E-state index contributed by atoms with van der Waals surface area (Å²) >= 11 is 0. The van der Waals surface area contributed by atoms with Crippen molar-refractivity contribution >= 4 is 23.4 Å². The third kappa shape index (κ3) is 3.28. The van der Waals surface area contributed by atoms with Crippen molar-refractivity contribution in [3.63, 3.8) is 0 Å². The van der Waals surface area contributed by atoms with Crippen LogP contribution in [0.1, 0.15) is 27.2 Å². The predicted molar refractivity (Wildman–Crippen MR) is 92.0 cm³/mol. The highest BCUT2D eigenvalue weighted by atomic mass is 32.2. The van der Waals surface area contributed by atoms with Gasteiger partial charge in [0.25, 0.3) is 0 Å². The first-order valence-corrected chi connectivity index (χ1v) is 11.2. The Morgan fingerprint density at radius 1 is 1.12 bits per heavy atom. The molecule has 0 bridgehead atoms. The van der Waals surface area contributed by atoms with Crippen LogP contribution in [-0.2, 0) is 33.0 Å². The van der Waals surface area contributed by atoms with Crippen molar-refractivity contribution in [2.45, 2.75) is 36.6 Å². The first-order valence-electron chi connectivity index (χ1n) is 8.16. The fourth-order valence-electron chi connectivity index (χ4n) is 2.89. The molecule has 1 aromatic rings. The van der Waals surface area contributed by atoms with Gasteiger partial charge in [-0.05, 0) is 39.3 Å². The Balaban J connectivity index is 2.60. The summed E-state index contributed by atoms with van der Waals surface area (Å²) in [6.07, 6.45) is -0.152. The Kier molecular flexibility index (Phi) is 6.09. The molecule has 0 aliphatic heterocycles. The van der Waals surface area contributed by atoms with Gasteiger partial charge in [-0.25, -0.2) is 8.42 Å². The molecule has 0 heterocycles. The van der Waals surface area contributed by atoms with E-state index in [2.05, 4.69) is 0 Å². The van der Waals surface area contributed by atoms with E-state index in [1.54, 1.807) is 39.0 Å². The van der Waals surface area contributed by atoms with Gasteiger partial charge in [0.05, 0.1) is 30.6 Å². The minimum Gasteiger partial charge on any atom is -0.466 e. The molecule has 0 N–H and O–H groups in total. The quantitative estimate of drug-likeness (QED) is 0.472. The monoisotopic (exact) mass is 390 g/mol. The Morgan fingerprint density at radius 3 is 2.16 bits per heavy atom. The largest absolute Gasteiger partial charge is 0.466 e. The second-order valence-electron chi connectivity index (χ2n) is 5.50. The van der Waals surface area contributed by atoms with Crippen LogP contribution >= 0.6 is 7.60 Å². The topological polar surface area (TPSA) is 96.0 Å². The number of rotatable bonds is 9. The third-order valence-electron chi connectivity index (χ3n) is 4.03. The molecule has 1 saturated carbocycles. The van der Waals surface area contributed by atoms with E-state index in [9.17, 15) is 17.8 Å². The van der Waals surface area contributed by atoms with Gasteiger partial charge in [0.2, 0.25) is 0 Å². The van der Waals surface area contributed by atoms with Crippen molar-refractivity contribution < 1.29 is 31.6 Å². The number of hydrogen-bond acceptors (Lipinski definition) is 7. The lowest BCUT2D eigenvalue weighted by Crippen LogP contribution is -2.31. The van der Waals surface area contributed by atoms with Gasteiger partial charge in [0.1, 0.15) is 0 Å². The summed E-state index contributed by atoms with van der Waals surface area (Å²) < 4.78 is 53.6. The van der Waals surface area contributed by atoms with Gasteiger partial charge >= 0.3 is 13.6 Å². The molecule has 2 atom stereocenters. The molecule has 9 heteroatoms. The average molecular weight is 390 g/mol. The summed E-state index contributed by atoms with van der Waals surface area (Å²) in [6.45, 7) is 4.91. The second-order valence-corrected chi connectivity index (χ2v) is 10.3. The number of sulfone groups is 1. The number of esters is 1. The van der Waals surface area contributed by atoms with Crippen molar-refractivity contribution in [1.29, 1.82) is 0 Å². The number of carbonyl (C=O) groups is 1. The van der Waals surface area contributed by atoms with Gasteiger partial charge in [-0.3, -0.25) is 9.36 Å². The zero-order valence-corrected chi connectivity index (χ0v) is 16.2. The second kappa shape index (κ2) is 7.58. The average Bonchev–Trinajstić information content (AvgIpc) is 3.35. The van der Waals surface area contributed by atoms with Crippen LogP contribution in [0.3, 0.4) is 0 Å². The van der Waals surface area contributed by atoms with Gasteiger partial charge in [-0.1, -0.05) is 18.2 Å². The molecular weight excluding hydrogens is 367 g/mol. The van der Waals surface area contributed by atoms with E-state index in [0.717, 1.165) is 0 Å². The zero-order valence-electron chi connectivity index (χ0n) is 14.5. The number of ether oxygens (including phenoxy) is 1. The van der Waals surface area contributed by atoms with Crippen molar-refractivity contribution in [1.82, 2.24) is 0 Å². The van der Waals surface area contributed by atoms with E-state index < -0.39 is 33.8 Å². The van der Waals surface area contributed by atoms with E-state index in [1.807, 2.05) is 0 Å². The Hall–Kier alpha value is -1.21. The van der Waals surface area contributed by atoms with Crippen LogP contribution in [0.25, 0.3) is 0 Å². The molecule has 0 amide bonds. The number of carbonyl (C=O) groups excluding carboxylic acids is 1. The van der Waals surface area contributed by atoms with Crippen molar-refractivity contribution in [3.8, 4) is 0 Å². The molecule has 0 aromatic heterocycles. The minimum atomic E-state index is -4.16. The molecule has 1 fully saturated rings. The predicted octanol–water partition coefficient (Wildman–Crippen LogP) is 3.01. The first-order chi connectivity index (χ1) is 11.8. The normalized spacial score (nSPS) is 23.2. The number of hydrogen-bond donors (Lipinski definition) is 0. The van der Waals surface area contributed by atoms with Gasteiger partial charge in [-0.2, -0.15) is 0 Å². The van der Waals surface area contributed by atoms with Crippen LogP contribution in [0, 0.1) is 5.92 Å². The van der Waals surface area contributed by atoms with Gasteiger partial charge in [0.15, 0.2) is 14.3 Å². The SMILES string of the molecule is CCOC(=O)[C@@H]1C[C@@]1(P(=O)(OCC)OCC)S(=O)(=O)c1ccccc1. The molecule has 25 heavy (non-hydrogen) atoms. The summed E-state index contributed by atoms with van der Waals surface area (Å²) in [5.74, 6) is -1.79. The van der Waals surface area contributed by atoms with Crippen LogP contribution in [0.4, 0.5) is 0 Å². The van der Waals surface area contributed by atoms with E-state index in [1.165, 1.54) is 12.1 Å². The molecule has 1 aliphatic rings. The Bertz CT molecular complexity index is 752. The summed E-state index contributed by atoms with van der Waals surface area (Å²) in [6, 6.07) is 7.61. The zero-order chi connectivity index (χ0) is 18.7. The van der Waals surface area contributed by atoms with E-state index >= 15 is 0 Å².